The molecule has 1 heterocycles. The third-order valence-corrected chi connectivity index (χ3v) is 5.46. The standard InChI is InChI=1S/C25H21ClN2O4/c1-15-13-17(26)9-12-21(15)27-23-22(16-7-10-19(31-2)11-8-16)24(29)28(25(23)30)18-5-4-6-20(14-18)32-3/h4-14,27H,1-3H3. The fourth-order valence-corrected chi connectivity index (χ4v) is 3.78. The van der Waals surface area contributed by atoms with Crippen LogP contribution >= 0.6 is 11.6 Å². The van der Waals surface area contributed by atoms with Gasteiger partial charge in [-0.3, -0.25) is 9.59 Å². The summed E-state index contributed by atoms with van der Waals surface area (Å²) >= 11 is 6.08. The zero-order chi connectivity index (χ0) is 22.8. The lowest BCUT2D eigenvalue weighted by atomic mass is 10.0. The van der Waals surface area contributed by atoms with Gasteiger partial charge >= 0.3 is 0 Å². The number of nitrogens with one attached hydrogen (secondary N) is 1. The first-order chi connectivity index (χ1) is 15.4. The van der Waals surface area contributed by atoms with E-state index in [4.69, 9.17) is 21.1 Å². The summed E-state index contributed by atoms with van der Waals surface area (Å²) in [6.45, 7) is 1.88. The Morgan fingerprint density at radius 3 is 2.22 bits per heavy atom. The highest BCUT2D eigenvalue weighted by Gasteiger charge is 2.40. The molecule has 7 heteroatoms. The van der Waals surface area contributed by atoms with Crippen LogP contribution in [0.5, 0.6) is 11.5 Å². The lowest BCUT2D eigenvalue weighted by Crippen LogP contribution is -2.32. The SMILES string of the molecule is COc1ccc(C2=C(Nc3ccc(Cl)cc3C)C(=O)N(c3cccc(OC)c3)C2=O)cc1. The van der Waals surface area contributed by atoms with Gasteiger partial charge in [-0.1, -0.05) is 29.8 Å². The second-order valence-corrected chi connectivity index (χ2v) is 7.65. The molecule has 0 aliphatic carbocycles. The molecule has 4 rings (SSSR count). The van der Waals surface area contributed by atoms with Crippen molar-refractivity contribution in [3.63, 3.8) is 0 Å². The van der Waals surface area contributed by atoms with E-state index in [1.165, 1.54) is 7.11 Å². The number of benzene rings is 3. The van der Waals surface area contributed by atoms with Crippen molar-refractivity contribution >= 4 is 40.4 Å². The van der Waals surface area contributed by atoms with Gasteiger partial charge in [0.2, 0.25) is 0 Å². The summed E-state index contributed by atoms with van der Waals surface area (Å²) in [6.07, 6.45) is 0. The number of hydrogen-bond acceptors (Lipinski definition) is 5. The van der Waals surface area contributed by atoms with Gasteiger partial charge in [0.15, 0.2) is 0 Å². The highest BCUT2D eigenvalue weighted by molar-refractivity contribution is 6.46. The van der Waals surface area contributed by atoms with Crippen LogP contribution in [0.2, 0.25) is 5.02 Å². The number of carbonyl (C=O) groups excluding carboxylic acids is 2. The van der Waals surface area contributed by atoms with Crippen molar-refractivity contribution < 1.29 is 19.1 Å². The Kier molecular flexibility index (Phi) is 5.88. The molecule has 0 unspecified atom stereocenters. The smallest absolute Gasteiger partial charge is 0.282 e. The molecule has 1 aliphatic heterocycles. The topological polar surface area (TPSA) is 67.9 Å². The van der Waals surface area contributed by atoms with E-state index in [2.05, 4.69) is 5.32 Å². The normalized spacial score (nSPS) is 13.6. The van der Waals surface area contributed by atoms with Crippen LogP contribution in [0.3, 0.4) is 0 Å². The Balaban J connectivity index is 1.83. The highest BCUT2D eigenvalue weighted by atomic mass is 35.5. The fourth-order valence-electron chi connectivity index (χ4n) is 3.56. The van der Waals surface area contributed by atoms with E-state index in [-0.39, 0.29) is 11.3 Å². The molecule has 0 bridgehead atoms. The number of ether oxygens (including phenoxy) is 2. The van der Waals surface area contributed by atoms with Crippen molar-refractivity contribution in [2.45, 2.75) is 6.92 Å². The van der Waals surface area contributed by atoms with Gasteiger partial charge in [0, 0.05) is 16.8 Å². The van der Waals surface area contributed by atoms with E-state index < -0.39 is 11.8 Å². The van der Waals surface area contributed by atoms with Crippen molar-refractivity contribution in [1.82, 2.24) is 0 Å². The summed E-state index contributed by atoms with van der Waals surface area (Å²) in [5, 5.41) is 3.76. The van der Waals surface area contributed by atoms with Crippen LogP contribution < -0.4 is 19.7 Å². The average Bonchev–Trinajstić information content (AvgIpc) is 3.05. The second kappa shape index (κ2) is 8.77. The molecule has 6 nitrogen and oxygen atoms in total. The number of nitrogens with zero attached hydrogens (tertiary/aromatic N) is 1. The Morgan fingerprint density at radius 1 is 0.844 bits per heavy atom. The summed E-state index contributed by atoms with van der Waals surface area (Å²) in [5.41, 5.74) is 3.02. The number of hydrogen-bond donors (Lipinski definition) is 1. The molecule has 0 saturated carbocycles. The van der Waals surface area contributed by atoms with Crippen LogP contribution in [-0.2, 0) is 9.59 Å². The number of carbonyl (C=O) groups is 2. The molecule has 0 aromatic heterocycles. The first kappa shape index (κ1) is 21.5. The molecule has 32 heavy (non-hydrogen) atoms. The molecule has 3 aromatic rings. The molecule has 1 N–H and O–H groups in total. The highest BCUT2D eigenvalue weighted by Crippen LogP contribution is 2.36. The van der Waals surface area contributed by atoms with Crippen molar-refractivity contribution in [1.29, 1.82) is 0 Å². The van der Waals surface area contributed by atoms with E-state index in [1.54, 1.807) is 73.8 Å². The lowest BCUT2D eigenvalue weighted by Gasteiger charge is -2.16. The summed E-state index contributed by atoms with van der Waals surface area (Å²) < 4.78 is 10.5. The van der Waals surface area contributed by atoms with Gasteiger partial charge in [-0.15, -0.1) is 0 Å². The summed E-state index contributed by atoms with van der Waals surface area (Å²) in [4.78, 5) is 28.2. The number of rotatable bonds is 6. The minimum absolute atomic E-state index is 0.188. The average molecular weight is 449 g/mol. The van der Waals surface area contributed by atoms with Gasteiger partial charge in [0.1, 0.15) is 17.2 Å². The van der Waals surface area contributed by atoms with E-state index in [0.29, 0.717) is 33.5 Å². The third-order valence-electron chi connectivity index (χ3n) is 5.22. The number of imide groups is 1. The molecule has 162 valence electrons. The molecule has 0 fully saturated rings. The molecule has 2 amide bonds. The minimum Gasteiger partial charge on any atom is -0.497 e. The maximum Gasteiger partial charge on any atom is 0.282 e. The molecule has 0 radical (unpaired) electrons. The molecular formula is C25H21ClN2O4. The van der Waals surface area contributed by atoms with Gasteiger partial charge in [-0.2, -0.15) is 0 Å². The van der Waals surface area contributed by atoms with Crippen LogP contribution in [0, 0.1) is 6.92 Å². The van der Waals surface area contributed by atoms with Crippen LogP contribution in [-0.4, -0.2) is 26.0 Å². The predicted octanol–water partition coefficient (Wildman–Crippen LogP) is 5.06. The van der Waals surface area contributed by atoms with Gasteiger partial charge in [0.25, 0.3) is 11.8 Å². The molecule has 0 spiro atoms. The Hall–Kier alpha value is -3.77. The van der Waals surface area contributed by atoms with Crippen LogP contribution in [0.1, 0.15) is 11.1 Å². The zero-order valence-electron chi connectivity index (χ0n) is 17.8. The second-order valence-electron chi connectivity index (χ2n) is 7.21. The first-order valence-corrected chi connectivity index (χ1v) is 10.3. The van der Waals surface area contributed by atoms with Crippen molar-refractivity contribution in [2.75, 3.05) is 24.4 Å². The minimum atomic E-state index is -0.455. The first-order valence-electron chi connectivity index (χ1n) is 9.87. The lowest BCUT2D eigenvalue weighted by molar-refractivity contribution is -0.120. The van der Waals surface area contributed by atoms with E-state index in [9.17, 15) is 9.59 Å². The molecule has 0 atom stereocenters. The molecule has 1 aliphatic rings. The van der Waals surface area contributed by atoms with Crippen molar-refractivity contribution in [3.05, 3.63) is 88.6 Å². The molecular weight excluding hydrogens is 428 g/mol. The number of anilines is 2. The zero-order valence-corrected chi connectivity index (χ0v) is 18.6. The number of amides is 2. The fraction of sp³-hybridized carbons (Fsp3) is 0.120. The van der Waals surface area contributed by atoms with Crippen molar-refractivity contribution in [2.24, 2.45) is 0 Å². The molecule has 0 saturated heterocycles. The summed E-state index contributed by atoms with van der Waals surface area (Å²) in [7, 11) is 3.10. The summed E-state index contributed by atoms with van der Waals surface area (Å²) in [6, 6.07) is 19.1. The quantitative estimate of drug-likeness (QED) is 0.534. The van der Waals surface area contributed by atoms with Crippen LogP contribution in [0.4, 0.5) is 11.4 Å². The summed E-state index contributed by atoms with van der Waals surface area (Å²) in [5.74, 6) is 0.314. The van der Waals surface area contributed by atoms with Gasteiger partial charge in [-0.25, -0.2) is 4.90 Å². The van der Waals surface area contributed by atoms with Gasteiger partial charge < -0.3 is 14.8 Å². The van der Waals surface area contributed by atoms with Crippen molar-refractivity contribution in [3.8, 4) is 11.5 Å². The van der Waals surface area contributed by atoms with E-state index in [0.717, 1.165) is 10.5 Å². The largest absolute Gasteiger partial charge is 0.497 e. The number of halogens is 1. The third kappa shape index (κ3) is 3.92. The Labute approximate surface area is 191 Å². The van der Waals surface area contributed by atoms with Gasteiger partial charge in [0.05, 0.1) is 25.5 Å². The number of aryl methyl sites for hydroxylation is 1. The maximum absolute atomic E-state index is 13.5. The van der Waals surface area contributed by atoms with E-state index in [1.807, 2.05) is 6.92 Å². The predicted molar refractivity (Wildman–Crippen MR) is 125 cm³/mol. The number of methoxy groups -OCH3 is 2. The maximum atomic E-state index is 13.5. The van der Waals surface area contributed by atoms with Crippen LogP contribution in [0.25, 0.3) is 5.57 Å². The van der Waals surface area contributed by atoms with E-state index >= 15 is 0 Å². The Morgan fingerprint density at radius 2 is 1.56 bits per heavy atom. The van der Waals surface area contributed by atoms with Crippen LogP contribution in [0.15, 0.2) is 72.4 Å². The van der Waals surface area contributed by atoms with Gasteiger partial charge in [-0.05, 0) is 60.5 Å². The Bertz CT molecular complexity index is 1230. The monoisotopic (exact) mass is 448 g/mol. The molecule has 3 aromatic carbocycles.